The van der Waals surface area contributed by atoms with E-state index in [1.807, 2.05) is 30.3 Å². The van der Waals surface area contributed by atoms with Gasteiger partial charge in [0.15, 0.2) is 0 Å². The summed E-state index contributed by atoms with van der Waals surface area (Å²) in [5, 5.41) is 4.97. The van der Waals surface area contributed by atoms with E-state index in [0.717, 1.165) is 22.4 Å². The van der Waals surface area contributed by atoms with E-state index in [1.54, 1.807) is 13.2 Å². The molecule has 0 spiro atoms. The van der Waals surface area contributed by atoms with Crippen molar-refractivity contribution in [2.75, 3.05) is 7.11 Å². The highest BCUT2D eigenvalue weighted by molar-refractivity contribution is 6.42. The molecular weight excluding hydrogens is 321 g/mol. The number of rotatable bonds is 3. The van der Waals surface area contributed by atoms with Crippen molar-refractivity contribution in [2.24, 2.45) is 5.11 Å². The molecule has 0 amide bonds. The molecule has 3 rings (SSSR count). The standard InChI is InChI=1S/C16H13Cl2N3O/c1-22-10-3-4-11-13(7-10)12(8-16(11)20-21-19)9-2-5-14(17)15(18)6-9/h2-7,12,16H,8H2,1H3/t12-,16+/m0/s1. The third-order valence-electron chi connectivity index (χ3n) is 4.02. The predicted octanol–water partition coefficient (Wildman–Crippen LogP) is 5.89. The normalized spacial score (nSPS) is 19.4. The zero-order valence-electron chi connectivity index (χ0n) is 11.8. The van der Waals surface area contributed by atoms with Crippen LogP contribution in [0.15, 0.2) is 41.5 Å². The average molecular weight is 334 g/mol. The molecule has 2 aromatic rings. The van der Waals surface area contributed by atoms with Crippen molar-refractivity contribution in [3.63, 3.8) is 0 Å². The van der Waals surface area contributed by atoms with Gasteiger partial charge in [0.1, 0.15) is 5.75 Å². The highest BCUT2D eigenvalue weighted by Crippen LogP contribution is 2.47. The maximum atomic E-state index is 8.79. The van der Waals surface area contributed by atoms with Crippen molar-refractivity contribution in [3.05, 3.63) is 73.6 Å². The van der Waals surface area contributed by atoms with Crippen LogP contribution in [0.25, 0.3) is 10.4 Å². The first-order valence-electron chi connectivity index (χ1n) is 6.81. The van der Waals surface area contributed by atoms with Crippen molar-refractivity contribution >= 4 is 23.2 Å². The largest absolute Gasteiger partial charge is 0.497 e. The van der Waals surface area contributed by atoms with E-state index in [1.165, 1.54) is 0 Å². The Bertz CT molecular complexity index is 772. The summed E-state index contributed by atoms with van der Waals surface area (Å²) in [6, 6.07) is 11.3. The number of hydrogen-bond donors (Lipinski definition) is 0. The lowest BCUT2D eigenvalue weighted by Gasteiger charge is -2.14. The van der Waals surface area contributed by atoms with Gasteiger partial charge in [-0.15, -0.1) is 0 Å². The van der Waals surface area contributed by atoms with Gasteiger partial charge in [-0.05, 0) is 52.9 Å². The Labute approximate surface area is 138 Å². The topological polar surface area (TPSA) is 58.0 Å². The molecule has 4 nitrogen and oxygen atoms in total. The lowest BCUT2D eigenvalue weighted by Crippen LogP contribution is -1.97. The lowest BCUT2D eigenvalue weighted by atomic mass is 9.93. The first-order valence-corrected chi connectivity index (χ1v) is 7.56. The molecule has 0 N–H and O–H groups in total. The molecule has 2 aromatic carbocycles. The molecule has 0 unspecified atom stereocenters. The van der Waals surface area contributed by atoms with Crippen LogP contribution in [0.2, 0.25) is 10.0 Å². The molecule has 0 radical (unpaired) electrons. The Morgan fingerprint density at radius 2 is 1.95 bits per heavy atom. The van der Waals surface area contributed by atoms with E-state index in [2.05, 4.69) is 10.0 Å². The lowest BCUT2D eigenvalue weighted by molar-refractivity contribution is 0.414. The van der Waals surface area contributed by atoms with Crippen LogP contribution in [0, 0.1) is 0 Å². The number of hydrogen-bond acceptors (Lipinski definition) is 2. The highest BCUT2D eigenvalue weighted by atomic mass is 35.5. The number of fused-ring (bicyclic) bond motifs is 1. The van der Waals surface area contributed by atoms with Crippen LogP contribution in [-0.2, 0) is 0 Å². The van der Waals surface area contributed by atoms with Gasteiger partial charge in [-0.1, -0.05) is 40.4 Å². The Kier molecular flexibility index (Phi) is 4.16. The first kappa shape index (κ1) is 15.0. The number of azide groups is 1. The Hall–Kier alpha value is -1.87. The van der Waals surface area contributed by atoms with Crippen LogP contribution in [0.5, 0.6) is 5.75 Å². The quantitative estimate of drug-likeness (QED) is 0.392. The van der Waals surface area contributed by atoms with Crippen molar-refractivity contribution in [2.45, 2.75) is 18.4 Å². The van der Waals surface area contributed by atoms with Gasteiger partial charge >= 0.3 is 0 Å². The molecule has 2 atom stereocenters. The minimum Gasteiger partial charge on any atom is -0.497 e. The van der Waals surface area contributed by atoms with Crippen LogP contribution in [-0.4, -0.2) is 7.11 Å². The van der Waals surface area contributed by atoms with Crippen LogP contribution in [0.1, 0.15) is 35.1 Å². The summed E-state index contributed by atoms with van der Waals surface area (Å²) in [5.74, 6) is 0.890. The second kappa shape index (κ2) is 6.09. The molecule has 0 saturated heterocycles. The molecule has 0 saturated carbocycles. The van der Waals surface area contributed by atoms with E-state index >= 15 is 0 Å². The van der Waals surface area contributed by atoms with Crippen molar-refractivity contribution < 1.29 is 4.74 Å². The molecule has 22 heavy (non-hydrogen) atoms. The van der Waals surface area contributed by atoms with Crippen LogP contribution in [0.4, 0.5) is 0 Å². The fraction of sp³-hybridized carbons (Fsp3) is 0.250. The summed E-state index contributed by atoms with van der Waals surface area (Å²) in [6.07, 6.45) is 0.713. The third-order valence-corrected chi connectivity index (χ3v) is 4.76. The fourth-order valence-corrected chi connectivity index (χ4v) is 3.29. The zero-order chi connectivity index (χ0) is 15.7. The van der Waals surface area contributed by atoms with Gasteiger partial charge in [0, 0.05) is 10.8 Å². The molecule has 6 heteroatoms. The predicted molar refractivity (Wildman–Crippen MR) is 87.8 cm³/mol. The summed E-state index contributed by atoms with van der Waals surface area (Å²) < 4.78 is 5.31. The summed E-state index contributed by atoms with van der Waals surface area (Å²) in [7, 11) is 1.63. The van der Waals surface area contributed by atoms with E-state index in [4.69, 9.17) is 33.5 Å². The Balaban J connectivity index is 2.10. The van der Waals surface area contributed by atoms with Crippen LogP contribution in [0.3, 0.4) is 0 Å². The van der Waals surface area contributed by atoms with Gasteiger partial charge in [0.05, 0.1) is 23.2 Å². The van der Waals surface area contributed by atoms with Crippen molar-refractivity contribution in [1.29, 1.82) is 0 Å². The summed E-state index contributed by atoms with van der Waals surface area (Å²) in [6.45, 7) is 0. The zero-order valence-corrected chi connectivity index (χ0v) is 13.3. The van der Waals surface area contributed by atoms with Gasteiger partial charge in [0.25, 0.3) is 0 Å². The van der Waals surface area contributed by atoms with Crippen LogP contribution >= 0.6 is 23.2 Å². The molecule has 0 bridgehead atoms. The van der Waals surface area contributed by atoms with E-state index in [0.29, 0.717) is 16.5 Å². The minimum absolute atomic E-state index is 0.107. The third kappa shape index (κ3) is 2.61. The maximum Gasteiger partial charge on any atom is 0.119 e. The van der Waals surface area contributed by atoms with E-state index in [9.17, 15) is 0 Å². The smallest absolute Gasteiger partial charge is 0.119 e. The summed E-state index contributed by atoms with van der Waals surface area (Å²) in [4.78, 5) is 2.97. The fourth-order valence-electron chi connectivity index (χ4n) is 2.98. The molecule has 1 aliphatic carbocycles. The van der Waals surface area contributed by atoms with E-state index < -0.39 is 0 Å². The molecule has 0 aliphatic heterocycles. The minimum atomic E-state index is -0.176. The Morgan fingerprint density at radius 3 is 2.64 bits per heavy atom. The second-order valence-electron chi connectivity index (χ2n) is 5.18. The SMILES string of the molecule is COc1ccc2c(c1)[C@H](c1ccc(Cl)c(Cl)c1)C[C@H]2N=[N+]=[N-]. The van der Waals surface area contributed by atoms with Crippen molar-refractivity contribution in [1.82, 2.24) is 0 Å². The van der Waals surface area contributed by atoms with Gasteiger partial charge in [-0.3, -0.25) is 0 Å². The van der Waals surface area contributed by atoms with Crippen molar-refractivity contribution in [3.8, 4) is 5.75 Å². The average Bonchev–Trinajstić information content (AvgIpc) is 2.88. The molecule has 0 fully saturated rings. The maximum absolute atomic E-state index is 8.79. The van der Waals surface area contributed by atoms with Gasteiger partial charge in [-0.25, -0.2) is 0 Å². The molecular formula is C16H13Cl2N3O. The highest BCUT2D eigenvalue weighted by Gasteiger charge is 2.32. The Morgan fingerprint density at radius 1 is 1.14 bits per heavy atom. The molecule has 1 aliphatic rings. The summed E-state index contributed by atoms with van der Waals surface area (Å²) >= 11 is 12.1. The second-order valence-corrected chi connectivity index (χ2v) is 5.99. The number of nitrogens with zero attached hydrogens (tertiary/aromatic N) is 3. The molecule has 0 aromatic heterocycles. The summed E-state index contributed by atoms with van der Waals surface area (Å²) in [5.41, 5.74) is 12.0. The number of halogens is 2. The first-order chi connectivity index (χ1) is 10.6. The van der Waals surface area contributed by atoms with Crippen LogP contribution < -0.4 is 4.74 Å². The van der Waals surface area contributed by atoms with E-state index in [-0.39, 0.29) is 12.0 Å². The number of benzene rings is 2. The molecule has 112 valence electrons. The monoisotopic (exact) mass is 333 g/mol. The van der Waals surface area contributed by atoms with Gasteiger partial charge in [0.2, 0.25) is 0 Å². The van der Waals surface area contributed by atoms with Gasteiger partial charge < -0.3 is 4.74 Å². The number of ether oxygens (including phenoxy) is 1. The molecule has 0 heterocycles. The van der Waals surface area contributed by atoms with Gasteiger partial charge in [-0.2, -0.15) is 0 Å². The number of methoxy groups -OCH3 is 1.